The van der Waals surface area contributed by atoms with E-state index in [1.54, 1.807) is 0 Å². The van der Waals surface area contributed by atoms with Crippen molar-refractivity contribution in [3.8, 4) is 0 Å². The fourth-order valence-corrected chi connectivity index (χ4v) is 3.33. The first-order chi connectivity index (χ1) is 8.65. The van der Waals surface area contributed by atoms with Crippen molar-refractivity contribution in [1.29, 1.82) is 0 Å². The van der Waals surface area contributed by atoms with Crippen molar-refractivity contribution in [2.24, 2.45) is 5.92 Å². The zero-order chi connectivity index (χ0) is 13.4. The fraction of sp³-hybridized carbons (Fsp3) is 0.929. The Morgan fingerprint density at radius 2 is 1.89 bits per heavy atom. The van der Waals surface area contributed by atoms with E-state index in [0.717, 1.165) is 45.3 Å². The molecular formula is C14H29ClN2OS. The quantitative estimate of drug-likeness (QED) is 0.760. The number of rotatable bonds is 7. The van der Waals surface area contributed by atoms with Crippen LogP contribution in [0.5, 0.6) is 0 Å². The normalized spacial score (nSPS) is 16.8. The Labute approximate surface area is 128 Å². The highest BCUT2D eigenvalue weighted by Gasteiger charge is 2.26. The molecule has 1 rings (SSSR count). The van der Waals surface area contributed by atoms with Gasteiger partial charge in [0.15, 0.2) is 0 Å². The molecule has 0 unspecified atom stereocenters. The molecule has 0 saturated carbocycles. The largest absolute Gasteiger partial charge is 0.355 e. The highest BCUT2D eigenvalue weighted by molar-refractivity contribution is 8.00. The Balaban J connectivity index is 0.00000324. The van der Waals surface area contributed by atoms with Gasteiger partial charge in [-0.25, -0.2) is 0 Å². The summed E-state index contributed by atoms with van der Waals surface area (Å²) < 4.78 is 0.226. The van der Waals surface area contributed by atoms with Gasteiger partial charge in [0.2, 0.25) is 5.91 Å². The van der Waals surface area contributed by atoms with Crippen LogP contribution in [0.1, 0.15) is 46.0 Å². The van der Waals surface area contributed by atoms with E-state index in [-0.39, 0.29) is 23.1 Å². The summed E-state index contributed by atoms with van der Waals surface area (Å²) in [7, 11) is 0. The summed E-state index contributed by atoms with van der Waals surface area (Å²) in [4.78, 5) is 12.0. The number of hydrogen-bond acceptors (Lipinski definition) is 3. The molecule has 0 bridgehead atoms. The Hall–Kier alpha value is 0.0700. The fourth-order valence-electron chi connectivity index (χ4n) is 2.54. The molecule has 1 aliphatic rings. The summed E-state index contributed by atoms with van der Waals surface area (Å²) in [6.07, 6.45) is 7.35. The van der Waals surface area contributed by atoms with Crippen molar-refractivity contribution < 1.29 is 4.79 Å². The van der Waals surface area contributed by atoms with Gasteiger partial charge in [0, 0.05) is 17.7 Å². The highest BCUT2D eigenvalue weighted by atomic mass is 35.5. The first-order valence-electron chi connectivity index (χ1n) is 7.18. The van der Waals surface area contributed by atoms with Gasteiger partial charge in [0.25, 0.3) is 0 Å². The SMILES string of the molecule is CCC(CC)(CNC(=O)CC1CCNCC1)SC.Cl. The second kappa shape index (κ2) is 9.89. The van der Waals surface area contributed by atoms with Gasteiger partial charge in [0.05, 0.1) is 0 Å². The number of thioether (sulfide) groups is 1. The second-order valence-electron chi connectivity index (χ2n) is 5.27. The third kappa shape index (κ3) is 6.37. The van der Waals surface area contributed by atoms with Crippen molar-refractivity contribution >= 4 is 30.1 Å². The van der Waals surface area contributed by atoms with Gasteiger partial charge in [-0.1, -0.05) is 13.8 Å². The van der Waals surface area contributed by atoms with E-state index in [4.69, 9.17) is 0 Å². The van der Waals surface area contributed by atoms with Crippen LogP contribution in [0.25, 0.3) is 0 Å². The molecule has 0 aromatic carbocycles. The molecule has 0 aliphatic carbocycles. The Kier molecular flexibility index (Phi) is 9.93. The van der Waals surface area contributed by atoms with Crippen LogP contribution >= 0.6 is 24.2 Å². The summed E-state index contributed by atoms with van der Waals surface area (Å²) in [5.74, 6) is 0.820. The molecule has 19 heavy (non-hydrogen) atoms. The maximum atomic E-state index is 12.0. The number of halogens is 1. The molecule has 0 spiro atoms. The summed E-state index contributed by atoms with van der Waals surface area (Å²) >= 11 is 1.88. The van der Waals surface area contributed by atoms with E-state index >= 15 is 0 Å². The maximum Gasteiger partial charge on any atom is 0.220 e. The molecular weight excluding hydrogens is 280 g/mol. The van der Waals surface area contributed by atoms with Crippen molar-refractivity contribution in [2.75, 3.05) is 25.9 Å². The average Bonchev–Trinajstić information content (AvgIpc) is 2.42. The number of piperidine rings is 1. The van der Waals surface area contributed by atoms with Crippen molar-refractivity contribution in [3.05, 3.63) is 0 Å². The van der Waals surface area contributed by atoms with Crippen molar-refractivity contribution in [1.82, 2.24) is 10.6 Å². The molecule has 5 heteroatoms. The number of carbonyl (C=O) groups is 1. The van der Waals surface area contributed by atoms with Crippen LogP contribution in [0.3, 0.4) is 0 Å². The van der Waals surface area contributed by atoms with Crippen molar-refractivity contribution in [3.63, 3.8) is 0 Å². The topological polar surface area (TPSA) is 41.1 Å². The minimum atomic E-state index is 0. The minimum Gasteiger partial charge on any atom is -0.355 e. The molecule has 3 nitrogen and oxygen atoms in total. The molecule has 1 heterocycles. The first-order valence-corrected chi connectivity index (χ1v) is 8.41. The van der Waals surface area contributed by atoms with Crippen LogP contribution in [0, 0.1) is 5.92 Å². The first kappa shape index (κ1) is 19.1. The average molecular weight is 309 g/mol. The number of amides is 1. The zero-order valence-electron chi connectivity index (χ0n) is 12.5. The molecule has 1 fully saturated rings. The molecule has 2 N–H and O–H groups in total. The van der Waals surface area contributed by atoms with Gasteiger partial charge in [0.1, 0.15) is 0 Å². The lowest BCUT2D eigenvalue weighted by Gasteiger charge is -2.30. The van der Waals surface area contributed by atoms with E-state index in [0.29, 0.717) is 12.3 Å². The molecule has 1 aliphatic heterocycles. The number of carbonyl (C=O) groups excluding carboxylic acids is 1. The third-order valence-corrected chi connectivity index (χ3v) is 5.85. The lowest BCUT2D eigenvalue weighted by atomic mass is 9.94. The van der Waals surface area contributed by atoms with Gasteiger partial charge >= 0.3 is 0 Å². The predicted molar refractivity (Wildman–Crippen MR) is 87.3 cm³/mol. The Bertz CT molecular complexity index is 246. The molecule has 1 saturated heterocycles. The van der Waals surface area contributed by atoms with Crippen LogP contribution in [0.15, 0.2) is 0 Å². The van der Waals surface area contributed by atoms with Crippen molar-refractivity contribution in [2.45, 2.75) is 50.7 Å². The lowest BCUT2D eigenvalue weighted by molar-refractivity contribution is -0.122. The van der Waals surface area contributed by atoms with Gasteiger partial charge in [-0.15, -0.1) is 12.4 Å². The van der Waals surface area contributed by atoms with Crippen LogP contribution in [0.4, 0.5) is 0 Å². The van der Waals surface area contributed by atoms with Crippen LogP contribution < -0.4 is 10.6 Å². The van der Waals surface area contributed by atoms with E-state index in [9.17, 15) is 4.79 Å². The van der Waals surface area contributed by atoms with Crippen LogP contribution in [0.2, 0.25) is 0 Å². The molecule has 114 valence electrons. The van der Waals surface area contributed by atoms with Crippen LogP contribution in [-0.4, -0.2) is 36.5 Å². The molecule has 0 radical (unpaired) electrons. The summed E-state index contributed by atoms with van der Waals surface area (Å²) in [5.41, 5.74) is 0. The number of hydrogen-bond donors (Lipinski definition) is 2. The highest BCUT2D eigenvalue weighted by Crippen LogP contribution is 2.29. The van der Waals surface area contributed by atoms with Gasteiger partial charge in [-0.3, -0.25) is 4.79 Å². The molecule has 0 atom stereocenters. The van der Waals surface area contributed by atoms with Gasteiger partial charge in [-0.05, 0) is 50.9 Å². The minimum absolute atomic E-state index is 0. The zero-order valence-corrected chi connectivity index (χ0v) is 14.1. The summed E-state index contributed by atoms with van der Waals surface area (Å²) in [6, 6.07) is 0. The number of nitrogens with one attached hydrogen (secondary N) is 2. The summed E-state index contributed by atoms with van der Waals surface area (Å²) in [5, 5.41) is 6.48. The monoisotopic (exact) mass is 308 g/mol. The van der Waals surface area contributed by atoms with Crippen LogP contribution in [-0.2, 0) is 4.79 Å². The van der Waals surface area contributed by atoms with Gasteiger partial charge in [-0.2, -0.15) is 11.8 Å². The second-order valence-corrected chi connectivity index (χ2v) is 6.54. The molecule has 1 amide bonds. The third-order valence-electron chi connectivity index (χ3n) is 4.26. The Morgan fingerprint density at radius 3 is 2.37 bits per heavy atom. The van der Waals surface area contributed by atoms with E-state index < -0.39 is 0 Å². The van der Waals surface area contributed by atoms with Gasteiger partial charge < -0.3 is 10.6 Å². The van der Waals surface area contributed by atoms with E-state index in [1.807, 2.05) is 11.8 Å². The standard InChI is InChI=1S/C14H28N2OS.ClH/c1-4-14(5-2,18-3)11-16-13(17)10-12-6-8-15-9-7-12;/h12,15H,4-11H2,1-3H3,(H,16,17);1H. The smallest absolute Gasteiger partial charge is 0.220 e. The van der Waals surface area contributed by atoms with E-state index in [1.165, 1.54) is 0 Å². The summed E-state index contributed by atoms with van der Waals surface area (Å²) in [6.45, 7) is 7.36. The lowest BCUT2D eigenvalue weighted by Crippen LogP contribution is -2.40. The Morgan fingerprint density at radius 1 is 1.32 bits per heavy atom. The maximum absolute atomic E-state index is 12.0. The predicted octanol–water partition coefficient (Wildman–Crippen LogP) is 2.84. The molecule has 0 aromatic heterocycles. The van der Waals surface area contributed by atoms with E-state index in [2.05, 4.69) is 30.7 Å². The molecule has 0 aromatic rings.